The number of nitrogens with one attached hydrogen (secondary N) is 3. The Morgan fingerprint density at radius 2 is 1.83 bits per heavy atom. The second-order valence-corrected chi connectivity index (χ2v) is 5.50. The zero-order valence-electron chi connectivity index (χ0n) is 14.0. The smallest absolute Gasteiger partial charge is 0.257 e. The predicted octanol–water partition coefficient (Wildman–Crippen LogP) is 1.54. The first-order valence-electron chi connectivity index (χ1n) is 7.67. The molecule has 0 aliphatic heterocycles. The van der Waals surface area contributed by atoms with Gasteiger partial charge in [-0.2, -0.15) is 0 Å². The molecule has 1 aromatic carbocycles. The van der Waals surface area contributed by atoms with Gasteiger partial charge in [-0.05, 0) is 57.3 Å². The van der Waals surface area contributed by atoms with Gasteiger partial charge < -0.3 is 9.47 Å². The highest BCUT2D eigenvalue weighted by atomic mass is 32.1. The first-order valence-corrected chi connectivity index (χ1v) is 8.07. The van der Waals surface area contributed by atoms with Crippen LogP contribution in [0, 0.1) is 0 Å². The van der Waals surface area contributed by atoms with E-state index in [-0.39, 0.29) is 29.5 Å². The van der Waals surface area contributed by atoms with E-state index < -0.39 is 0 Å². The molecule has 0 aliphatic carbocycles. The van der Waals surface area contributed by atoms with Gasteiger partial charge in [-0.1, -0.05) is 0 Å². The minimum absolute atomic E-state index is 0.00673. The summed E-state index contributed by atoms with van der Waals surface area (Å²) in [6, 6.07) is 6.69. The zero-order chi connectivity index (χ0) is 17.9. The molecule has 0 saturated heterocycles. The van der Waals surface area contributed by atoms with Gasteiger partial charge in [0, 0.05) is 12.2 Å². The van der Waals surface area contributed by atoms with Gasteiger partial charge >= 0.3 is 0 Å². The molecule has 24 heavy (non-hydrogen) atoms. The molecule has 0 aliphatic rings. The summed E-state index contributed by atoms with van der Waals surface area (Å²) < 4.78 is 10.6. The van der Waals surface area contributed by atoms with Crippen molar-refractivity contribution >= 4 is 29.1 Å². The number of hydrazine groups is 1. The molecular formula is C16H23N3O4S. The monoisotopic (exact) mass is 353 g/mol. The average Bonchev–Trinajstić information content (AvgIpc) is 2.53. The summed E-state index contributed by atoms with van der Waals surface area (Å²) >= 11 is 4.95. The summed E-state index contributed by atoms with van der Waals surface area (Å²) in [6.45, 7) is 6.58. The molecule has 0 radical (unpaired) electrons. The summed E-state index contributed by atoms with van der Waals surface area (Å²) in [7, 11) is 0. The number of ether oxygens (including phenoxy) is 2. The first-order chi connectivity index (χ1) is 11.4. The SMILES string of the molecule is CCOCCC(=O)NNC(=S)NC(=O)c1ccc(OC(C)C)cc1. The number of benzene rings is 1. The lowest BCUT2D eigenvalue weighted by Crippen LogP contribution is -2.48. The lowest BCUT2D eigenvalue weighted by molar-refractivity contribution is -0.122. The van der Waals surface area contributed by atoms with E-state index in [1.807, 2.05) is 20.8 Å². The molecule has 8 heteroatoms. The molecule has 0 bridgehead atoms. The molecule has 1 aromatic rings. The summed E-state index contributed by atoms with van der Waals surface area (Å²) in [4.78, 5) is 23.5. The summed E-state index contributed by atoms with van der Waals surface area (Å²) in [6.07, 6.45) is 0.266. The number of hydrogen-bond donors (Lipinski definition) is 3. The van der Waals surface area contributed by atoms with Crippen LogP contribution in [0.4, 0.5) is 0 Å². The van der Waals surface area contributed by atoms with E-state index in [2.05, 4.69) is 16.2 Å². The van der Waals surface area contributed by atoms with Crippen LogP contribution in [0.3, 0.4) is 0 Å². The normalized spacial score (nSPS) is 10.2. The largest absolute Gasteiger partial charge is 0.491 e. The maximum Gasteiger partial charge on any atom is 0.257 e. The summed E-state index contributed by atoms with van der Waals surface area (Å²) in [5.74, 6) is 0.0196. The van der Waals surface area contributed by atoms with E-state index in [1.54, 1.807) is 24.3 Å². The fourth-order valence-corrected chi connectivity index (χ4v) is 1.81. The Labute approximate surface area is 147 Å². The molecule has 3 N–H and O–H groups in total. The van der Waals surface area contributed by atoms with Crippen molar-refractivity contribution in [2.24, 2.45) is 0 Å². The van der Waals surface area contributed by atoms with Crippen molar-refractivity contribution in [1.29, 1.82) is 0 Å². The Balaban J connectivity index is 2.38. The van der Waals surface area contributed by atoms with Crippen molar-refractivity contribution in [3.8, 4) is 5.75 Å². The quantitative estimate of drug-likeness (QED) is 0.391. The number of amides is 2. The van der Waals surface area contributed by atoms with Crippen LogP contribution in [-0.2, 0) is 9.53 Å². The first kappa shape index (κ1) is 19.9. The Bertz CT molecular complexity index is 561. The molecule has 1 rings (SSSR count). The van der Waals surface area contributed by atoms with Crippen LogP contribution in [0.15, 0.2) is 24.3 Å². The maximum atomic E-state index is 12.0. The number of rotatable bonds is 7. The molecule has 2 amide bonds. The van der Waals surface area contributed by atoms with E-state index in [0.717, 1.165) is 0 Å². The third-order valence-electron chi connectivity index (χ3n) is 2.71. The van der Waals surface area contributed by atoms with Gasteiger partial charge in [0.25, 0.3) is 5.91 Å². The van der Waals surface area contributed by atoms with E-state index in [1.165, 1.54) is 0 Å². The zero-order valence-corrected chi connectivity index (χ0v) is 14.9. The van der Waals surface area contributed by atoms with Gasteiger partial charge in [-0.3, -0.25) is 25.8 Å². The van der Waals surface area contributed by atoms with Crippen LogP contribution in [0.1, 0.15) is 37.6 Å². The Morgan fingerprint density at radius 1 is 1.17 bits per heavy atom. The van der Waals surface area contributed by atoms with Crippen LogP contribution in [-0.4, -0.2) is 36.2 Å². The number of thiocarbonyl (C=S) groups is 1. The van der Waals surface area contributed by atoms with Crippen molar-refractivity contribution in [1.82, 2.24) is 16.2 Å². The van der Waals surface area contributed by atoms with Crippen molar-refractivity contribution in [3.05, 3.63) is 29.8 Å². The minimum atomic E-state index is -0.382. The Kier molecular flexibility index (Phi) is 8.74. The van der Waals surface area contributed by atoms with Gasteiger partial charge in [0.05, 0.1) is 19.1 Å². The van der Waals surface area contributed by atoms with Crippen molar-refractivity contribution in [2.75, 3.05) is 13.2 Å². The number of hydrogen-bond acceptors (Lipinski definition) is 5. The van der Waals surface area contributed by atoms with Crippen LogP contribution < -0.4 is 20.9 Å². The standard InChI is InChI=1S/C16H23N3O4S/c1-4-22-10-9-14(20)18-19-16(24)17-15(21)12-5-7-13(8-6-12)23-11(2)3/h5-8,11H,4,9-10H2,1-3H3,(H,18,20)(H2,17,19,21,24). The minimum Gasteiger partial charge on any atom is -0.491 e. The Morgan fingerprint density at radius 3 is 2.42 bits per heavy atom. The summed E-state index contributed by atoms with van der Waals surface area (Å²) in [5.41, 5.74) is 5.28. The molecule has 0 heterocycles. The molecule has 132 valence electrons. The molecular weight excluding hydrogens is 330 g/mol. The highest BCUT2D eigenvalue weighted by Gasteiger charge is 2.09. The molecule has 0 spiro atoms. The highest BCUT2D eigenvalue weighted by molar-refractivity contribution is 7.80. The fourth-order valence-electron chi connectivity index (χ4n) is 1.66. The third-order valence-corrected chi connectivity index (χ3v) is 2.91. The molecule has 0 atom stereocenters. The van der Waals surface area contributed by atoms with Crippen LogP contribution >= 0.6 is 12.2 Å². The van der Waals surface area contributed by atoms with Crippen molar-refractivity contribution < 1.29 is 19.1 Å². The second kappa shape index (κ2) is 10.6. The molecule has 7 nitrogen and oxygen atoms in total. The Hall–Kier alpha value is -2.19. The topological polar surface area (TPSA) is 88.7 Å². The molecule has 0 unspecified atom stereocenters. The maximum absolute atomic E-state index is 12.0. The second-order valence-electron chi connectivity index (χ2n) is 5.09. The lowest BCUT2D eigenvalue weighted by atomic mass is 10.2. The third kappa shape index (κ3) is 7.89. The lowest BCUT2D eigenvalue weighted by Gasteiger charge is -2.12. The fraction of sp³-hybridized carbons (Fsp3) is 0.438. The molecule has 0 saturated carbocycles. The predicted molar refractivity (Wildman–Crippen MR) is 94.7 cm³/mol. The van der Waals surface area contributed by atoms with Gasteiger partial charge in [-0.15, -0.1) is 0 Å². The average molecular weight is 353 g/mol. The molecule has 0 fully saturated rings. The van der Waals surface area contributed by atoms with Crippen molar-refractivity contribution in [2.45, 2.75) is 33.3 Å². The summed E-state index contributed by atoms with van der Waals surface area (Å²) in [5, 5.41) is 2.48. The van der Waals surface area contributed by atoms with E-state index in [9.17, 15) is 9.59 Å². The van der Waals surface area contributed by atoms with E-state index in [0.29, 0.717) is 24.5 Å². The van der Waals surface area contributed by atoms with Gasteiger partial charge in [0.1, 0.15) is 5.75 Å². The van der Waals surface area contributed by atoms with Crippen LogP contribution in [0.5, 0.6) is 5.75 Å². The number of carbonyl (C=O) groups is 2. The highest BCUT2D eigenvalue weighted by Crippen LogP contribution is 2.13. The van der Waals surface area contributed by atoms with E-state index in [4.69, 9.17) is 21.7 Å². The van der Waals surface area contributed by atoms with Crippen LogP contribution in [0.2, 0.25) is 0 Å². The van der Waals surface area contributed by atoms with Gasteiger partial charge in [0.2, 0.25) is 5.91 Å². The number of carbonyl (C=O) groups excluding carboxylic acids is 2. The molecule has 0 aromatic heterocycles. The van der Waals surface area contributed by atoms with Gasteiger partial charge in [-0.25, -0.2) is 0 Å². The van der Waals surface area contributed by atoms with Crippen molar-refractivity contribution in [3.63, 3.8) is 0 Å². The van der Waals surface area contributed by atoms with E-state index >= 15 is 0 Å². The van der Waals surface area contributed by atoms with Gasteiger partial charge in [0.15, 0.2) is 5.11 Å². The van der Waals surface area contributed by atoms with Crippen LogP contribution in [0.25, 0.3) is 0 Å².